The normalized spacial score (nSPS) is 16.6. The van der Waals surface area contributed by atoms with E-state index in [2.05, 4.69) is 11.8 Å². The molecule has 2 N–H and O–H groups in total. The van der Waals surface area contributed by atoms with Crippen LogP contribution in [-0.4, -0.2) is 31.1 Å². The van der Waals surface area contributed by atoms with Gasteiger partial charge in [0.15, 0.2) is 0 Å². The Hall–Kier alpha value is 0.270. The van der Waals surface area contributed by atoms with Crippen LogP contribution >= 0.6 is 13.5 Å². The molecule has 0 unspecified atom stereocenters. The van der Waals surface area contributed by atoms with Gasteiger partial charge in [-0.2, -0.15) is 13.5 Å². The molecule has 72 valence electrons. The first kappa shape index (κ1) is 13.8. The van der Waals surface area contributed by atoms with E-state index in [0.717, 1.165) is 6.54 Å². The van der Waals surface area contributed by atoms with Gasteiger partial charge in [-0.1, -0.05) is 13.8 Å². The summed E-state index contributed by atoms with van der Waals surface area (Å²) in [6.07, 6.45) is 2.85. The summed E-state index contributed by atoms with van der Waals surface area (Å²) in [4.78, 5) is 2.49. The molecule has 3 heteroatoms. The zero-order valence-corrected chi connectivity index (χ0v) is 8.77. The molecule has 0 aromatic carbocycles. The molecular weight excluding hydrogens is 156 g/mol. The van der Waals surface area contributed by atoms with Crippen molar-refractivity contribution in [1.82, 2.24) is 4.90 Å². The zero-order valence-electron chi connectivity index (χ0n) is 7.77. The van der Waals surface area contributed by atoms with E-state index in [4.69, 9.17) is 5.73 Å². The van der Waals surface area contributed by atoms with Crippen molar-refractivity contribution in [2.45, 2.75) is 26.7 Å². The van der Waals surface area contributed by atoms with Crippen LogP contribution in [0, 0.1) is 0 Å². The fourth-order valence-corrected chi connectivity index (χ4v) is 1.10. The molecule has 0 amide bonds. The molecule has 1 aliphatic heterocycles. The van der Waals surface area contributed by atoms with E-state index in [1.807, 2.05) is 6.92 Å². The molecule has 0 aromatic heterocycles. The molecule has 1 rings (SSSR count). The smallest absolute Gasteiger partial charge is 0 e. The molecule has 11 heavy (non-hydrogen) atoms. The summed E-state index contributed by atoms with van der Waals surface area (Å²) < 4.78 is 0. The quantitative estimate of drug-likeness (QED) is 0.661. The molecule has 1 fully saturated rings. The Morgan fingerprint density at radius 3 is 1.82 bits per heavy atom. The molecule has 1 aliphatic rings. The van der Waals surface area contributed by atoms with Gasteiger partial charge in [-0.3, -0.25) is 0 Å². The van der Waals surface area contributed by atoms with Crippen LogP contribution in [0.1, 0.15) is 28.1 Å². The molecule has 1 saturated heterocycles. The maximum Gasteiger partial charge on any atom is 0 e. The summed E-state index contributed by atoms with van der Waals surface area (Å²) in [6, 6.07) is 0. The average Bonchev–Trinajstić information content (AvgIpc) is 2.39. The Morgan fingerprint density at radius 1 is 1.27 bits per heavy atom. The van der Waals surface area contributed by atoms with Gasteiger partial charge in [-0.25, -0.2) is 0 Å². The predicted molar refractivity (Wildman–Crippen MR) is 58.6 cm³/mol. The summed E-state index contributed by atoms with van der Waals surface area (Å²) in [5, 5.41) is 0. The largest absolute Gasteiger partial charge is 0.331 e. The van der Waals surface area contributed by atoms with Gasteiger partial charge in [0.1, 0.15) is 0 Å². The van der Waals surface area contributed by atoms with Gasteiger partial charge in [0.2, 0.25) is 0 Å². The molecule has 0 spiro atoms. The SMILES string of the molecule is CCN.CCN1CCCC1.S.[HH]. The van der Waals surface area contributed by atoms with Gasteiger partial charge in [0.25, 0.3) is 0 Å². The number of hydrogen-bond acceptors (Lipinski definition) is 2. The van der Waals surface area contributed by atoms with Crippen LogP contribution < -0.4 is 5.73 Å². The first-order valence-corrected chi connectivity index (χ1v) is 4.27. The lowest BCUT2D eigenvalue weighted by Gasteiger charge is -2.08. The van der Waals surface area contributed by atoms with Crippen molar-refractivity contribution < 1.29 is 1.43 Å². The average molecular weight is 180 g/mol. The maximum atomic E-state index is 4.85. The summed E-state index contributed by atoms with van der Waals surface area (Å²) in [6.45, 7) is 8.82. The van der Waals surface area contributed by atoms with E-state index in [1.54, 1.807) is 0 Å². The van der Waals surface area contributed by atoms with Crippen LogP contribution in [0.3, 0.4) is 0 Å². The molecule has 0 radical (unpaired) electrons. The van der Waals surface area contributed by atoms with Gasteiger partial charge in [-0.05, 0) is 39.0 Å². The summed E-state index contributed by atoms with van der Waals surface area (Å²) in [5.41, 5.74) is 4.85. The van der Waals surface area contributed by atoms with Crippen LogP contribution in [0.15, 0.2) is 0 Å². The highest BCUT2D eigenvalue weighted by molar-refractivity contribution is 7.59. The molecular formula is C8H24N2S. The number of likely N-dealkylation sites (tertiary alicyclic amines) is 1. The van der Waals surface area contributed by atoms with Gasteiger partial charge < -0.3 is 10.6 Å². The van der Waals surface area contributed by atoms with E-state index < -0.39 is 0 Å². The highest BCUT2D eigenvalue weighted by Gasteiger charge is 2.06. The highest BCUT2D eigenvalue weighted by atomic mass is 32.1. The third kappa shape index (κ3) is 8.17. The third-order valence-corrected chi connectivity index (χ3v) is 1.65. The molecule has 0 atom stereocenters. The molecule has 0 aromatic rings. The minimum Gasteiger partial charge on any atom is -0.331 e. The highest BCUT2D eigenvalue weighted by Crippen LogP contribution is 2.04. The van der Waals surface area contributed by atoms with E-state index in [9.17, 15) is 0 Å². The standard InChI is InChI=1S/C6H13N.C2H7N.H2S.H2/c1-2-7-5-3-4-6-7;1-2-3;;/h2-6H2,1H3;2-3H2,1H3;1H2;1H. The number of nitrogens with two attached hydrogens (primary N) is 1. The van der Waals surface area contributed by atoms with Crippen LogP contribution in [0.2, 0.25) is 0 Å². The van der Waals surface area contributed by atoms with Gasteiger partial charge >= 0.3 is 0 Å². The molecule has 0 saturated carbocycles. The van der Waals surface area contributed by atoms with E-state index in [1.165, 1.54) is 32.5 Å². The Bertz CT molecular complexity index is 68.1. The fourth-order valence-electron chi connectivity index (χ4n) is 1.10. The van der Waals surface area contributed by atoms with E-state index in [0.29, 0.717) is 0 Å². The minimum atomic E-state index is 0. The maximum absolute atomic E-state index is 4.85. The lowest BCUT2D eigenvalue weighted by molar-refractivity contribution is 0.359. The van der Waals surface area contributed by atoms with Crippen LogP contribution in [0.25, 0.3) is 0 Å². The lowest BCUT2D eigenvalue weighted by atomic mass is 10.4. The molecule has 0 aliphatic carbocycles. The Kier molecular flexibility index (Phi) is 12.9. The Labute approximate surface area is 79.1 Å². The van der Waals surface area contributed by atoms with Crippen LogP contribution in [-0.2, 0) is 0 Å². The minimum absolute atomic E-state index is 0. The third-order valence-electron chi connectivity index (χ3n) is 1.65. The van der Waals surface area contributed by atoms with Crippen molar-refractivity contribution >= 4 is 13.5 Å². The van der Waals surface area contributed by atoms with Crippen molar-refractivity contribution in [3.63, 3.8) is 0 Å². The predicted octanol–water partition coefficient (Wildman–Crippen LogP) is 1.43. The number of rotatable bonds is 1. The monoisotopic (exact) mass is 180 g/mol. The van der Waals surface area contributed by atoms with E-state index in [-0.39, 0.29) is 14.9 Å². The van der Waals surface area contributed by atoms with Crippen LogP contribution in [0.5, 0.6) is 0 Å². The molecule has 0 bridgehead atoms. The Balaban J connectivity index is -0.000000146. The molecule has 2 nitrogen and oxygen atoms in total. The van der Waals surface area contributed by atoms with Gasteiger partial charge in [-0.15, -0.1) is 0 Å². The number of hydrogen-bond donors (Lipinski definition) is 1. The van der Waals surface area contributed by atoms with Crippen molar-refractivity contribution in [2.75, 3.05) is 26.2 Å². The van der Waals surface area contributed by atoms with Crippen molar-refractivity contribution in [1.29, 1.82) is 0 Å². The second-order valence-corrected chi connectivity index (χ2v) is 2.55. The van der Waals surface area contributed by atoms with Gasteiger partial charge in [0.05, 0.1) is 0 Å². The topological polar surface area (TPSA) is 29.3 Å². The molecule has 1 heterocycles. The number of nitrogens with zero attached hydrogens (tertiary/aromatic N) is 1. The van der Waals surface area contributed by atoms with E-state index >= 15 is 0 Å². The van der Waals surface area contributed by atoms with Gasteiger partial charge in [0, 0.05) is 1.43 Å². The van der Waals surface area contributed by atoms with Crippen molar-refractivity contribution in [3.8, 4) is 0 Å². The zero-order chi connectivity index (χ0) is 7.82. The Morgan fingerprint density at radius 2 is 1.64 bits per heavy atom. The summed E-state index contributed by atoms with van der Waals surface area (Å²) >= 11 is 0. The van der Waals surface area contributed by atoms with Crippen molar-refractivity contribution in [2.24, 2.45) is 5.73 Å². The fraction of sp³-hybridized carbons (Fsp3) is 1.00. The first-order valence-electron chi connectivity index (χ1n) is 4.27. The second kappa shape index (κ2) is 10.3. The second-order valence-electron chi connectivity index (χ2n) is 2.55. The summed E-state index contributed by atoms with van der Waals surface area (Å²) in [7, 11) is 0. The first-order chi connectivity index (χ1) is 4.85. The van der Waals surface area contributed by atoms with Crippen LogP contribution in [0.4, 0.5) is 0 Å². The lowest BCUT2D eigenvalue weighted by Crippen LogP contribution is -2.17. The van der Waals surface area contributed by atoms with Crippen molar-refractivity contribution in [3.05, 3.63) is 0 Å². The summed E-state index contributed by atoms with van der Waals surface area (Å²) in [5.74, 6) is 0.